The smallest absolute Gasteiger partial charge is 0.242 e. The summed E-state index contributed by atoms with van der Waals surface area (Å²) in [6, 6.07) is 3.86. The van der Waals surface area contributed by atoms with Crippen LogP contribution in [0.5, 0.6) is 0 Å². The van der Waals surface area contributed by atoms with E-state index in [0.29, 0.717) is 26.3 Å². The lowest BCUT2D eigenvalue weighted by atomic mass is 10.1. The minimum Gasteiger partial charge on any atom is -0.378 e. The highest BCUT2D eigenvalue weighted by molar-refractivity contribution is 5.76. The Balaban J connectivity index is 1.47. The number of anilines is 1. The molecule has 2 aromatic heterocycles. The Bertz CT molecular complexity index is 710. The molecule has 0 unspecified atom stereocenters. The monoisotopic (exact) mass is 327 g/mol. The fraction of sp³-hybridized carbons (Fsp3) is 0.471. The lowest BCUT2D eigenvalue weighted by Crippen LogP contribution is -2.40. The molecule has 0 aliphatic carbocycles. The van der Waals surface area contributed by atoms with E-state index >= 15 is 0 Å². The van der Waals surface area contributed by atoms with Crippen molar-refractivity contribution < 1.29 is 9.53 Å². The summed E-state index contributed by atoms with van der Waals surface area (Å²) in [4.78, 5) is 25.8. The molecule has 0 aromatic carbocycles. The third-order valence-electron chi connectivity index (χ3n) is 4.56. The maximum absolute atomic E-state index is 12.5. The zero-order chi connectivity index (χ0) is 16.4. The number of nitrogens with zero attached hydrogens (tertiary/aromatic N) is 5. The number of morpholine rings is 1. The van der Waals surface area contributed by atoms with Crippen molar-refractivity contribution in [3.8, 4) is 0 Å². The van der Waals surface area contributed by atoms with Gasteiger partial charge in [0.15, 0.2) is 0 Å². The van der Waals surface area contributed by atoms with Crippen LogP contribution in [0.15, 0.2) is 30.7 Å². The number of hydrogen-bond donors (Lipinski definition) is 0. The van der Waals surface area contributed by atoms with E-state index in [-0.39, 0.29) is 5.91 Å². The minimum absolute atomic E-state index is 0.128. The highest BCUT2D eigenvalue weighted by Gasteiger charge is 2.24. The van der Waals surface area contributed by atoms with Crippen LogP contribution in [0.25, 0.3) is 0 Å². The summed E-state index contributed by atoms with van der Waals surface area (Å²) in [6.45, 7) is 4.72. The first-order chi connectivity index (χ1) is 11.8. The molecule has 126 valence electrons. The first-order valence-electron chi connectivity index (χ1n) is 8.35. The van der Waals surface area contributed by atoms with Gasteiger partial charge in [0.2, 0.25) is 11.9 Å². The minimum atomic E-state index is 0.128. The van der Waals surface area contributed by atoms with Crippen molar-refractivity contribution in [3.63, 3.8) is 0 Å². The van der Waals surface area contributed by atoms with Gasteiger partial charge in [0.1, 0.15) is 6.54 Å². The van der Waals surface area contributed by atoms with Gasteiger partial charge < -0.3 is 19.1 Å². The maximum atomic E-state index is 12.5. The van der Waals surface area contributed by atoms with Gasteiger partial charge >= 0.3 is 0 Å². The van der Waals surface area contributed by atoms with Crippen molar-refractivity contribution in [3.05, 3.63) is 42.0 Å². The van der Waals surface area contributed by atoms with E-state index in [1.54, 1.807) is 0 Å². The average Bonchev–Trinajstić information content (AvgIpc) is 3.14. The van der Waals surface area contributed by atoms with Crippen molar-refractivity contribution in [1.29, 1.82) is 0 Å². The molecular weight excluding hydrogens is 306 g/mol. The predicted octanol–water partition coefficient (Wildman–Crippen LogP) is 0.700. The molecule has 0 N–H and O–H groups in total. The van der Waals surface area contributed by atoms with Crippen molar-refractivity contribution >= 4 is 11.9 Å². The summed E-state index contributed by atoms with van der Waals surface area (Å²) >= 11 is 0. The van der Waals surface area contributed by atoms with E-state index < -0.39 is 0 Å². The molecule has 7 nitrogen and oxygen atoms in total. The largest absolute Gasteiger partial charge is 0.378 e. The topological polar surface area (TPSA) is 63.5 Å². The van der Waals surface area contributed by atoms with Crippen LogP contribution in [0.3, 0.4) is 0 Å². The van der Waals surface area contributed by atoms with Gasteiger partial charge in [0.05, 0.1) is 25.5 Å². The number of carbonyl (C=O) groups excluding carboxylic acids is 1. The van der Waals surface area contributed by atoms with Gasteiger partial charge in [-0.1, -0.05) is 0 Å². The number of fused-ring (bicyclic) bond motifs is 1. The van der Waals surface area contributed by atoms with Gasteiger partial charge in [-0.15, -0.1) is 0 Å². The Kier molecular flexibility index (Phi) is 4.17. The van der Waals surface area contributed by atoms with Crippen LogP contribution in [0.2, 0.25) is 0 Å². The SMILES string of the molecule is O=C(Cn1cccc1)N1CCc2cnc(N3CCOCC3)nc2C1. The van der Waals surface area contributed by atoms with Crippen LogP contribution in [-0.2, 0) is 29.0 Å². The Labute approximate surface area is 140 Å². The quantitative estimate of drug-likeness (QED) is 0.830. The van der Waals surface area contributed by atoms with Crippen LogP contribution in [0.4, 0.5) is 5.95 Å². The Hall–Kier alpha value is -2.41. The number of aromatic nitrogens is 3. The lowest BCUT2D eigenvalue weighted by molar-refractivity contribution is -0.132. The first-order valence-corrected chi connectivity index (χ1v) is 8.35. The molecule has 4 rings (SSSR count). The van der Waals surface area contributed by atoms with E-state index in [2.05, 4.69) is 9.88 Å². The Morgan fingerprint density at radius 2 is 1.96 bits per heavy atom. The average molecular weight is 327 g/mol. The molecule has 1 fully saturated rings. The zero-order valence-electron chi connectivity index (χ0n) is 13.6. The number of rotatable bonds is 3. The molecule has 0 spiro atoms. The molecule has 0 atom stereocenters. The molecule has 0 bridgehead atoms. The van der Waals surface area contributed by atoms with Crippen LogP contribution < -0.4 is 4.90 Å². The van der Waals surface area contributed by atoms with Crippen LogP contribution in [0, 0.1) is 0 Å². The van der Waals surface area contributed by atoms with Gasteiger partial charge in [-0.05, 0) is 24.1 Å². The fourth-order valence-corrected chi connectivity index (χ4v) is 3.15. The first kappa shape index (κ1) is 15.1. The molecule has 0 radical (unpaired) electrons. The second kappa shape index (κ2) is 6.60. The van der Waals surface area contributed by atoms with Gasteiger partial charge in [-0.2, -0.15) is 0 Å². The van der Waals surface area contributed by atoms with Gasteiger partial charge in [0, 0.05) is 38.2 Å². The standard InChI is InChI=1S/C17H21N5O2/c23-16(13-20-4-1-2-5-20)22-6-3-14-11-18-17(19-15(14)12-22)21-7-9-24-10-8-21/h1-2,4-5,11H,3,6-10,12-13H2. The summed E-state index contributed by atoms with van der Waals surface area (Å²) in [7, 11) is 0. The number of hydrogen-bond acceptors (Lipinski definition) is 5. The van der Waals surface area contributed by atoms with Gasteiger partial charge in [-0.25, -0.2) is 9.97 Å². The molecule has 1 amide bonds. The van der Waals surface area contributed by atoms with Crippen molar-refractivity contribution in [2.75, 3.05) is 37.7 Å². The number of carbonyl (C=O) groups is 1. The predicted molar refractivity (Wildman–Crippen MR) is 88.6 cm³/mol. The van der Waals surface area contributed by atoms with Gasteiger partial charge in [-0.3, -0.25) is 4.79 Å². The van der Waals surface area contributed by atoms with E-state index in [4.69, 9.17) is 9.72 Å². The summed E-state index contributed by atoms with van der Waals surface area (Å²) < 4.78 is 7.28. The molecule has 2 aliphatic heterocycles. The Morgan fingerprint density at radius 3 is 2.75 bits per heavy atom. The second-order valence-electron chi connectivity index (χ2n) is 6.16. The van der Waals surface area contributed by atoms with E-state index in [9.17, 15) is 4.79 Å². The summed E-state index contributed by atoms with van der Waals surface area (Å²) in [5.74, 6) is 0.875. The van der Waals surface area contributed by atoms with E-state index in [1.165, 1.54) is 0 Å². The Morgan fingerprint density at radius 1 is 1.17 bits per heavy atom. The fourth-order valence-electron chi connectivity index (χ4n) is 3.15. The zero-order valence-corrected chi connectivity index (χ0v) is 13.6. The molecule has 1 saturated heterocycles. The number of ether oxygens (including phenoxy) is 1. The molecule has 2 aliphatic rings. The molecule has 0 saturated carbocycles. The molecule has 2 aromatic rings. The highest BCUT2D eigenvalue weighted by atomic mass is 16.5. The molecule has 24 heavy (non-hydrogen) atoms. The summed E-state index contributed by atoms with van der Waals surface area (Å²) in [5.41, 5.74) is 2.12. The van der Waals surface area contributed by atoms with Crippen molar-refractivity contribution in [1.82, 2.24) is 19.4 Å². The maximum Gasteiger partial charge on any atom is 0.242 e. The van der Waals surface area contributed by atoms with Gasteiger partial charge in [0.25, 0.3) is 0 Å². The molecular formula is C17H21N5O2. The molecule has 4 heterocycles. The molecule has 7 heteroatoms. The highest BCUT2D eigenvalue weighted by Crippen LogP contribution is 2.20. The summed E-state index contributed by atoms with van der Waals surface area (Å²) in [6.07, 6.45) is 6.56. The van der Waals surface area contributed by atoms with Crippen LogP contribution >= 0.6 is 0 Å². The van der Waals surface area contributed by atoms with Crippen molar-refractivity contribution in [2.45, 2.75) is 19.5 Å². The third kappa shape index (κ3) is 3.12. The lowest BCUT2D eigenvalue weighted by Gasteiger charge is -2.30. The van der Waals surface area contributed by atoms with Crippen LogP contribution in [0.1, 0.15) is 11.3 Å². The second-order valence-corrected chi connectivity index (χ2v) is 6.16. The third-order valence-corrected chi connectivity index (χ3v) is 4.56. The van der Waals surface area contributed by atoms with Crippen molar-refractivity contribution in [2.24, 2.45) is 0 Å². The number of amides is 1. The normalized spacial score (nSPS) is 17.7. The van der Waals surface area contributed by atoms with E-state index in [1.807, 2.05) is 40.2 Å². The van der Waals surface area contributed by atoms with E-state index in [0.717, 1.165) is 43.3 Å². The summed E-state index contributed by atoms with van der Waals surface area (Å²) in [5, 5.41) is 0. The van der Waals surface area contributed by atoms with Crippen LogP contribution in [-0.4, -0.2) is 58.2 Å².